The number of para-hydroxylation sites is 2. The van der Waals surface area contributed by atoms with E-state index in [9.17, 15) is 26.4 Å². The normalized spacial score (nSPS) is 12.3. The largest absolute Gasteiger partial charge is 0.466 e. The maximum atomic E-state index is 11.8. The van der Waals surface area contributed by atoms with E-state index in [1.807, 2.05) is 0 Å². The number of fused-ring (bicyclic) bond motifs is 1. The van der Waals surface area contributed by atoms with Gasteiger partial charge in [0.15, 0.2) is 0 Å². The van der Waals surface area contributed by atoms with E-state index in [4.69, 9.17) is 27.4 Å². The van der Waals surface area contributed by atoms with Gasteiger partial charge in [0.05, 0.1) is 24.6 Å². The summed E-state index contributed by atoms with van der Waals surface area (Å²) in [5.41, 5.74) is 5.95. The molecule has 17 heteroatoms. The molecule has 0 atom stereocenters. The van der Waals surface area contributed by atoms with Crippen molar-refractivity contribution < 1.29 is 43.5 Å². The molecule has 6 N–H and O–H groups in total. The molecule has 0 spiro atoms. The van der Waals surface area contributed by atoms with E-state index < -0.39 is 32.0 Å². The van der Waals surface area contributed by atoms with E-state index >= 15 is 0 Å². The number of esters is 2. The van der Waals surface area contributed by atoms with E-state index in [1.165, 1.54) is 18.2 Å². The number of carbonyl (C=O) groups is 2. The Morgan fingerprint density at radius 1 is 1.07 bits per heavy atom. The van der Waals surface area contributed by atoms with Gasteiger partial charge >= 0.3 is 11.9 Å². The number of nitrogens with one attached hydrogen (secondary N) is 2. The molecule has 0 amide bonds. The summed E-state index contributed by atoms with van der Waals surface area (Å²) in [5.74, 6) is -1.22. The Kier molecular flexibility index (Phi) is 15.7. The van der Waals surface area contributed by atoms with Crippen LogP contribution in [0.15, 0.2) is 62.7 Å². The van der Waals surface area contributed by atoms with Crippen molar-refractivity contribution in [1.82, 2.24) is 0 Å². The number of terminal acetylenes is 1. The molecule has 14 nitrogen and oxygen atoms in total. The molecule has 0 radical (unpaired) electrons. The maximum absolute atomic E-state index is 11.8. The maximum Gasteiger partial charge on any atom is 0.315 e. The molecule has 2 aromatic rings. The van der Waals surface area contributed by atoms with Crippen LogP contribution in [0.4, 0.5) is 11.4 Å². The lowest BCUT2D eigenvalue weighted by Gasteiger charge is -2.17. The third kappa shape index (κ3) is 13.2. The lowest BCUT2D eigenvalue weighted by molar-refractivity contribution is -0.142. The molecular formula is C24H34ClN5O9S2. The van der Waals surface area contributed by atoms with Crippen LogP contribution in [-0.4, -0.2) is 53.7 Å². The van der Waals surface area contributed by atoms with Crippen LogP contribution < -0.4 is 16.2 Å². The Morgan fingerprint density at radius 2 is 1.63 bits per heavy atom. The third-order valence-electron chi connectivity index (χ3n) is 4.31. The van der Waals surface area contributed by atoms with Crippen molar-refractivity contribution in [3.05, 3.63) is 48.5 Å². The van der Waals surface area contributed by atoms with Gasteiger partial charge in [0.2, 0.25) is 15.9 Å². The fourth-order valence-corrected chi connectivity index (χ4v) is 4.59. The number of sulfonamides is 2. The quantitative estimate of drug-likeness (QED) is 0.113. The number of rotatable bonds is 7. The highest BCUT2D eigenvalue weighted by Crippen LogP contribution is 2.27. The number of hydrogen-bond acceptors (Lipinski definition) is 12. The molecular weight excluding hydrogens is 602 g/mol. The van der Waals surface area contributed by atoms with Gasteiger partial charge in [-0.05, 0) is 38.1 Å². The zero-order chi connectivity index (χ0) is 30.3. The zero-order valence-electron chi connectivity index (χ0n) is 22.0. The standard InChI is InChI=1S/C11H12N2O4S.C7H9NO3.C6H8N2O2S.ClH.2H2/c1-2-17-11(14)7-10-12-8-5-3-4-6-9(8)18(15,16)13-10;1-3-10-6(8)5-7(9)11-4-2;7-5-3-1-2-4-6(5)11(8,9)10;;;/h3-6H,2,7H2,1H3,(H,12,13);1,8H,4-5H2,2H3;1-4H,7H2,(H2,8,9,10);3*1H. The predicted molar refractivity (Wildman–Crippen MR) is 159 cm³/mol. The minimum absolute atomic E-state index is 0. The zero-order valence-corrected chi connectivity index (χ0v) is 24.5. The molecule has 1 heterocycles. The van der Waals surface area contributed by atoms with Crippen molar-refractivity contribution in [3.8, 4) is 12.5 Å². The second kappa shape index (κ2) is 17.5. The van der Waals surface area contributed by atoms with Crippen molar-refractivity contribution in [2.75, 3.05) is 24.3 Å². The molecule has 0 fully saturated rings. The van der Waals surface area contributed by atoms with Crippen molar-refractivity contribution in [2.24, 2.45) is 9.54 Å². The van der Waals surface area contributed by atoms with E-state index in [-0.39, 0.29) is 61.9 Å². The smallest absolute Gasteiger partial charge is 0.315 e. The number of ether oxygens (including phenoxy) is 3. The summed E-state index contributed by atoms with van der Waals surface area (Å²) in [6.45, 7) is 3.90. The monoisotopic (exact) mass is 635 g/mol. The summed E-state index contributed by atoms with van der Waals surface area (Å²) in [4.78, 5) is 22.0. The molecule has 228 valence electrons. The molecule has 0 bridgehead atoms. The van der Waals surface area contributed by atoms with Crippen LogP contribution in [0.25, 0.3) is 0 Å². The highest BCUT2D eigenvalue weighted by molar-refractivity contribution is 7.90. The van der Waals surface area contributed by atoms with Crippen LogP contribution in [0.3, 0.4) is 0 Å². The van der Waals surface area contributed by atoms with Gasteiger partial charge in [0.25, 0.3) is 10.0 Å². The number of benzene rings is 2. The Morgan fingerprint density at radius 3 is 2.17 bits per heavy atom. The van der Waals surface area contributed by atoms with Crippen molar-refractivity contribution in [3.63, 3.8) is 0 Å². The van der Waals surface area contributed by atoms with Gasteiger partial charge in [-0.3, -0.25) is 15.0 Å². The Labute approximate surface area is 247 Å². The van der Waals surface area contributed by atoms with Crippen LogP contribution in [0.1, 0.15) is 29.5 Å². The fraction of sp³-hybridized carbons (Fsp3) is 0.250. The molecule has 0 unspecified atom stereocenters. The summed E-state index contributed by atoms with van der Waals surface area (Å²) >= 11 is 0. The summed E-state index contributed by atoms with van der Waals surface area (Å²) in [7, 11) is -7.39. The van der Waals surface area contributed by atoms with Crippen molar-refractivity contribution in [1.29, 1.82) is 5.41 Å². The topological polar surface area (TPSA) is 230 Å². The van der Waals surface area contributed by atoms with Crippen LogP contribution in [0.5, 0.6) is 0 Å². The van der Waals surface area contributed by atoms with Gasteiger partial charge < -0.3 is 25.3 Å². The van der Waals surface area contributed by atoms with Crippen LogP contribution >= 0.6 is 12.4 Å². The first kappa shape index (κ1) is 36.8. The number of primary sulfonamides is 1. The van der Waals surface area contributed by atoms with Gasteiger partial charge in [0.1, 0.15) is 34.6 Å². The van der Waals surface area contributed by atoms with Crippen LogP contribution in [0, 0.1) is 17.9 Å². The van der Waals surface area contributed by atoms with E-state index in [2.05, 4.69) is 19.2 Å². The van der Waals surface area contributed by atoms with Gasteiger partial charge in [0, 0.05) is 2.85 Å². The molecule has 2 aromatic carbocycles. The average molecular weight is 636 g/mol. The van der Waals surface area contributed by atoms with Crippen molar-refractivity contribution in [2.45, 2.75) is 36.5 Å². The van der Waals surface area contributed by atoms with Crippen molar-refractivity contribution >= 4 is 67.5 Å². The fourth-order valence-electron chi connectivity index (χ4n) is 2.78. The molecule has 1 aliphatic heterocycles. The molecule has 0 saturated heterocycles. The molecule has 0 aromatic heterocycles. The summed E-state index contributed by atoms with van der Waals surface area (Å²) < 4.78 is 62.3. The van der Waals surface area contributed by atoms with Crippen LogP contribution in [0.2, 0.25) is 0 Å². The minimum Gasteiger partial charge on any atom is -0.466 e. The van der Waals surface area contributed by atoms with Gasteiger partial charge in [-0.2, -0.15) is 8.42 Å². The summed E-state index contributed by atoms with van der Waals surface area (Å²) in [5, 5.41) is 14.6. The number of nitrogen functional groups attached to an aromatic ring is 1. The second-order valence-corrected chi connectivity index (χ2v) is 10.4. The number of amidine groups is 1. The first-order valence-corrected chi connectivity index (χ1v) is 14.3. The first-order chi connectivity index (χ1) is 18.7. The predicted octanol–water partition coefficient (Wildman–Crippen LogP) is 2.51. The molecule has 0 saturated carbocycles. The highest BCUT2D eigenvalue weighted by Gasteiger charge is 2.25. The summed E-state index contributed by atoms with van der Waals surface area (Å²) in [6, 6.07) is 12.5. The second-order valence-electron chi connectivity index (χ2n) is 7.32. The number of nitrogens with zero attached hydrogens (tertiary/aromatic N) is 1. The number of hydrogen-bond donors (Lipinski definition) is 4. The number of halogens is 1. The van der Waals surface area contributed by atoms with Gasteiger partial charge in [-0.1, -0.05) is 30.7 Å². The summed E-state index contributed by atoms with van der Waals surface area (Å²) in [6.07, 6.45) is 6.09. The molecule has 0 aliphatic carbocycles. The Bertz CT molecular complexity index is 1520. The molecule has 1 aliphatic rings. The van der Waals surface area contributed by atoms with Crippen LogP contribution in [-0.2, 0) is 43.8 Å². The van der Waals surface area contributed by atoms with Gasteiger partial charge in [-0.25, -0.2) is 13.6 Å². The number of anilines is 2. The average Bonchev–Trinajstić information content (AvgIpc) is 2.84. The Balaban J connectivity index is -0.000000566. The highest BCUT2D eigenvalue weighted by atomic mass is 35.5. The lowest BCUT2D eigenvalue weighted by Crippen LogP contribution is -2.24. The third-order valence-corrected chi connectivity index (χ3v) is 6.67. The Hall–Kier alpha value is -4.17. The first-order valence-electron chi connectivity index (χ1n) is 11.3. The number of nitrogens with two attached hydrogens (primary N) is 2. The van der Waals surface area contributed by atoms with E-state index in [0.717, 1.165) is 0 Å². The van der Waals surface area contributed by atoms with E-state index in [0.29, 0.717) is 12.3 Å². The molecule has 41 heavy (non-hydrogen) atoms. The lowest BCUT2D eigenvalue weighted by atomic mass is 10.3. The van der Waals surface area contributed by atoms with E-state index in [1.54, 1.807) is 50.3 Å². The molecule has 3 rings (SSSR count). The number of carbonyl (C=O) groups excluding carboxylic acids is 2. The SMILES string of the molecule is C#COC(=N)CC(=O)OCC.CCOC(=O)CC1=NS(=O)(=O)c2ccccc2N1.Cl.Nc1ccccc1S(N)(=O)=O.[HH].[HH]. The minimum atomic E-state index is -3.73. The van der Waals surface area contributed by atoms with Gasteiger partial charge in [-0.15, -0.1) is 16.8 Å².